The fraction of sp³-hybridized carbons (Fsp3) is 0.625. The van der Waals surface area contributed by atoms with Gasteiger partial charge in [-0.1, -0.05) is 18.2 Å². The van der Waals surface area contributed by atoms with Crippen LogP contribution in [0, 0.1) is 0 Å². The highest BCUT2D eigenvalue weighted by Crippen LogP contribution is 2.43. The molecule has 0 bridgehead atoms. The predicted molar refractivity (Wildman–Crippen MR) is 77.3 cm³/mol. The Morgan fingerprint density at radius 2 is 1.84 bits per heavy atom. The fourth-order valence-electron chi connectivity index (χ4n) is 3.34. The van der Waals surface area contributed by atoms with Crippen LogP contribution < -0.4 is 15.8 Å². The second-order valence-corrected chi connectivity index (χ2v) is 6.45. The fourth-order valence-corrected chi connectivity index (χ4v) is 3.34. The first-order valence-corrected chi connectivity index (χ1v) is 7.36. The van der Waals surface area contributed by atoms with Crippen molar-refractivity contribution in [3.63, 3.8) is 0 Å². The normalized spacial score (nSPS) is 32.7. The van der Waals surface area contributed by atoms with E-state index in [4.69, 9.17) is 10.5 Å². The first-order valence-electron chi connectivity index (χ1n) is 7.36. The molecule has 1 aromatic rings. The van der Waals surface area contributed by atoms with Gasteiger partial charge >= 0.3 is 0 Å². The summed E-state index contributed by atoms with van der Waals surface area (Å²) in [5, 5.41) is 3.80. The SMILES string of the molecule is CC1(C)Oc2ccccc2C1NC1CCC(N)CC1. The average Bonchev–Trinajstić information content (AvgIpc) is 2.63. The van der Waals surface area contributed by atoms with Crippen LogP contribution in [0.25, 0.3) is 0 Å². The van der Waals surface area contributed by atoms with Gasteiger partial charge in [0, 0.05) is 17.6 Å². The van der Waals surface area contributed by atoms with Crippen LogP contribution >= 0.6 is 0 Å². The number of para-hydroxylation sites is 1. The van der Waals surface area contributed by atoms with E-state index in [9.17, 15) is 0 Å². The van der Waals surface area contributed by atoms with E-state index in [1.807, 2.05) is 6.07 Å². The lowest BCUT2D eigenvalue weighted by Crippen LogP contribution is -2.46. The van der Waals surface area contributed by atoms with Crippen LogP contribution in [-0.4, -0.2) is 17.7 Å². The smallest absolute Gasteiger partial charge is 0.125 e. The van der Waals surface area contributed by atoms with E-state index >= 15 is 0 Å². The van der Waals surface area contributed by atoms with E-state index in [1.165, 1.54) is 18.4 Å². The molecule has 19 heavy (non-hydrogen) atoms. The van der Waals surface area contributed by atoms with Gasteiger partial charge in [0.1, 0.15) is 11.4 Å². The standard InChI is InChI=1S/C16H24N2O/c1-16(2)15(13-5-3-4-6-14(13)19-16)18-12-9-7-11(17)8-10-12/h3-6,11-12,15,18H,7-10,17H2,1-2H3. The van der Waals surface area contributed by atoms with Crippen molar-refractivity contribution in [1.29, 1.82) is 0 Å². The highest BCUT2D eigenvalue weighted by molar-refractivity contribution is 5.42. The molecule has 0 spiro atoms. The zero-order chi connectivity index (χ0) is 13.5. The number of rotatable bonds is 2. The van der Waals surface area contributed by atoms with Crippen molar-refractivity contribution in [2.75, 3.05) is 0 Å². The third-order valence-corrected chi connectivity index (χ3v) is 4.47. The van der Waals surface area contributed by atoms with Crippen LogP contribution in [0.1, 0.15) is 51.1 Å². The maximum absolute atomic E-state index is 6.08. The van der Waals surface area contributed by atoms with E-state index in [-0.39, 0.29) is 11.6 Å². The Kier molecular flexibility index (Phi) is 3.27. The molecule has 104 valence electrons. The average molecular weight is 260 g/mol. The number of ether oxygens (including phenoxy) is 1. The molecular formula is C16H24N2O. The summed E-state index contributed by atoms with van der Waals surface area (Å²) >= 11 is 0. The zero-order valence-electron chi connectivity index (χ0n) is 11.9. The summed E-state index contributed by atoms with van der Waals surface area (Å²) in [6.45, 7) is 4.33. The highest BCUT2D eigenvalue weighted by atomic mass is 16.5. The Bertz CT molecular complexity index is 450. The van der Waals surface area contributed by atoms with E-state index in [0.717, 1.165) is 18.6 Å². The van der Waals surface area contributed by atoms with Crippen LogP contribution in [0.4, 0.5) is 0 Å². The van der Waals surface area contributed by atoms with Gasteiger partial charge in [-0.05, 0) is 45.6 Å². The highest BCUT2D eigenvalue weighted by Gasteiger charge is 2.41. The Labute approximate surface area is 115 Å². The Morgan fingerprint density at radius 3 is 2.58 bits per heavy atom. The molecule has 1 fully saturated rings. The summed E-state index contributed by atoms with van der Waals surface area (Å²) in [5.74, 6) is 1.03. The molecule has 1 saturated carbocycles. The van der Waals surface area contributed by atoms with Crippen molar-refractivity contribution >= 4 is 0 Å². The Hall–Kier alpha value is -1.06. The van der Waals surface area contributed by atoms with Gasteiger partial charge in [0.2, 0.25) is 0 Å². The van der Waals surface area contributed by atoms with Crippen molar-refractivity contribution < 1.29 is 4.74 Å². The molecule has 3 rings (SSSR count). The van der Waals surface area contributed by atoms with Gasteiger partial charge in [0.25, 0.3) is 0 Å². The van der Waals surface area contributed by atoms with Crippen LogP contribution in [-0.2, 0) is 0 Å². The van der Waals surface area contributed by atoms with Crippen LogP contribution in [0.2, 0.25) is 0 Å². The van der Waals surface area contributed by atoms with Crippen molar-refractivity contribution in [2.24, 2.45) is 5.73 Å². The summed E-state index contributed by atoms with van der Waals surface area (Å²) < 4.78 is 6.08. The van der Waals surface area contributed by atoms with Crippen LogP contribution in [0.5, 0.6) is 5.75 Å². The summed E-state index contributed by atoms with van der Waals surface area (Å²) in [7, 11) is 0. The Morgan fingerprint density at radius 1 is 1.16 bits per heavy atom. The molecule has 3 N–H and O–H groups in total. The van der Waals surface area contributed by atoms with E-state index < -0.39 is 0 Å². The molecule has 3 heteroatoms. The molecule has 1 aliphatic heterocycles. The van der Waals surface area contributed by atoms with Gasteiger partial charge in [0.15, 0.2) is 0 Å². The van der Waals surface area contributed by atoms with Gasteiger partial charge in [0.05, 0.1) is 6.04 Å². The van der Waals surface area contributed by atoms with Gasteiger partial charge in [-0.2, -0.15) is 0 Å². The van der Waals surface area contributed by atoms with Crippen molar-refractivity contribution in [3.05, 3.63) is 29.8 Å². The number of nitrogens with two attached hydrogens (primary N) is 1. The lowest BCUT2D eigenvalue weighted by molar-refractivity contribution is 0.0873. The molecule has 1 aromatic carbocycles. The first-order chi connectivity index (χ1) is 9.06. The molecular weight excluding hydrogens is 236 g/mol. The summed E-state index contributed by atoms with van der Waals surface area (Å²) in [6.07, 6.45) is 4.62. The summed E-state index contributed by atoms with van der Waals surface area (Å²) in [6, 6.07) is 9.62. The van der Waals surface area contributed by atoms with Crippen LogP contribution in [0.15, 0.2) is 24.3 Å². The minimum atomic E-state index is -0.177. The van der Waals surface area contributed by atoms with Gasteiger partial charge < -0.3 is 15.8 Å². The predicted octanol–water partition coefficient (Wildman–Crippen LogP) is 2.76. The number of fused-ring (bicyclic) bond motifs is 1. The quantitative estimate of drug-likeness (QED) is 0.859. The molecule has 0 aromatic heterocycles. The lowest BCUT2D eigenvalue weighted by atomic mass is 9.88. The minimum absolute atomic E-state index is 0.177. The summed E-state index contributed by atoms with van der Waals surface area (Å²) in [5.41, 5.74) is 7.10. The molecule has 0 saturated heterocycles. The molecule has 1 aliphatic carbocycles. The second-order valence-electron chi connectivity index (χ2n) is 6.45. The molecule has 1 atom stereocenters. The van der Waals surface area contributed by atoms with Crippen molar-refractivity contribution in [2.45, 2.75) is 63.3 Å². The third-order valence-electron chi connectivity index (χ3n) is 4.47. The molecule has 2 aliphatic rings. The van der Waals surface area contributed by atoms with Crippen molar-refractivity contribution in [3.8, 4) is 5.75 Å². The summed E-state index contributed by atoms with van der Waals surface area (Å²) in [4.78, 5) is 0. The largest absolute Gasteiger partial charge is 0.486 e. The molecule has 0 amide bonds. The topological polar surface area (TPSA) is 47.3 Å². The minimum Gasteiger partial charge on any atom is -0.486 e. The number of nitrogens with one attached hydrogen (secondary N) is 1. The Balaban J connectivity index is 1.76. The molecule has 3 nitrogen and oxygen atoms in total. The van der Waals surface area contributed by atoms with Crippen molar-refractivity contribution in [1.82, 2.24) is 5.32 Å². The van der Waals surface area contributed by atoms with Crippen LogP contribution in [0.3, 0.4) is 0 Å². The molecule has 0 radical (unpaired) electrons. The first kappa shape index (κ1) is 12.9. The van der Waals surface area contributed by atoms with Gasteiger partial charge in [-0.15, -0.1) is 0 Å². The monoisotopic (exact) mass is 260 g/mol. The number of benzene rings is 1. The second kappa shape index (κ2) is 4.80. The van der Waals surface area contributed by atoms with Gasteiger partial charge in [-0.3, -0.25) is 0 Å². The third kappa shape index (κ3) is 2.49. The maximum Gasteiger partial charge on any atom is 0.125 e. The van der Waals surface area contributed by atoms with E-state index in [2.05, 4.69) is 37.4 Å². The molecule has 1 unspecified atom stereocenters. The van der Waals surface area contributed by atoms with Gasteiger partial charge in [-0.25, -0.2) is 0 Å². The molecule has 1 heterocycles. The zero-order valence-corrected chi connectivity index (χ0v) is 11.9. The maximum atomic E-state index is 6.08. The van der Waals surface area contributed by atoms with E-state index in [1.54, 1.807) is 0 Å². The number of hydrogen-bond acceptors (Lipinski definition) is 3. The van der Waals surface area contributed by atoms with E-state index in [0.29, 0.717) is 12.1 Å². The lowest BCUT2D eigenvalue weighted by Gasteiger charge is -2.34. The number of hydrogen-bond donors (Lipinski definition) is 2.